The SMILES string of the molecule is Fc1cc(N=C=S)cc(F)c1C#Cc1ccc(-c2ccc(C3CCCC3)cc2)cc1. The number of hydrogen-bond acceptors (Lipinski definition) is 2. The lowest BCUT2D eigenvalue weighted by atomic mass is 9.95. The molecule has 3 aromatic carbocycles. The maximum atomic E-state index is 14.1. The highest BCUT2D eigenvalue weighted by atomic mass is 32.1. The molecule has 1 aliphatic carbocycles. The van der Waals surface area contributed by atoms with Gasteiger partial charge >= 0.3 is 0 Å². The minimum absolute atomic E-state index is 0.0776. The third-order valence-electron chi connectivity index (χ3n) is 5.49. The molecule has 1 fully saturated rings. The zero-order valence-electron chi connectivity index (χ0n) is 16.3. The molecule has 0 bridgehead atoms. The van der Waals surface area contributed by atoms with Crippen LogP contribution in [0.25, 0.3) is 11.1 Å². The maximum Gasteiger partial charge on any atom is 0.143 e. The highest BCUT2D eigenvalue weighted by Crippen LogP contribution is 2.34. The first kappa shape index (κ1) is 20.2. The second-order valence-corrected chi connectivity index (χ2v) is 7.60. The summed E-state index contributed by atoms with van der Waals surface area (Å²) in [5.41, 5.74) is 4.12. The Morgan fingerprint density at radius 2 is 1.37 bits per heavy atom. The second kappa shape index (κ2) is 9.13. The van der Waals surface area contributed by atoms with Crippen LogP contribution in [0.2, 0.25) is 0 Å². The van der Waals surface area contributed by atoms with E-state index in [0.29, 0.717) is 11.5 Å². The lowest BCUT2D eigenvalue weighted by Gasteiger charge is -2.10. The summed E-state index contributed by atoms with van der Waals surface area (Å²) in [5, 5.41) is 2.09. The van der Waals surface area contributed by atoms with Crippen LogP contribution in [0.1, 0.15) is 48.3 Å². The van der Waals surface area contributed by atoms with E-state index in [9.17, 15) is 8.78 Å². The largest absolute Gasteiger partial charge is 0.205 e. The smallest absolute Gasteiger partial charge is 0.143 e. The van der Waals surface area contributed by atoms with Crippen molar-refractivity contribution in [2.45, 2.75) is 31.6 Å². The molecular weight excluding hydrogens is 396 g/mol. The zero-order valence-corrected chi connectivity index (χ0v) is 17.1. The molecule has 30 heavy (non-hydrogen) atoms. The van der Waals surface area contributed by atoms with Crippen molar-refractivity contribution in [2.24, 2.45) is 4.99 Å². The Morgan fingerprint density at radius 3 is 1.93 bits per heavy atom. The molecule has 1 aliphatic rings. The number of isothiocyanates is 1. The van der Waals surface area contributed by atoms with E-state index in [1.54, 1.807) is 0 Å². The summed E-state index contributed by atoms with van der Waals surface area (Å²) in [6, 6.07) is 18.6. The number of hydrogen-bond donors (Lipinski definition) is 0. The summed E-state index contributed by atoms with van der Waals surface area (Å²) in [6.45, 7) is 0. The van der Waals surface area contributed by atoms with Gasteiger partial charge in [0.15, 0.2) is 0 Å². The Kier molecular flexibility index (Phi) is 6.14. The van der Waals surface area contributed by atoms with Crippen LogP contribution in [0.4, 0.5) is 14.5 Å². The normalized spacial score (nSPS) is 13.4. The van der Waals surface area contributed by atoms with Crippen LogP contribution in [-0.4, -0.2) is 5.16 Å². The Morgan fingerprint density at radius 1 is 0.800 bits per heavy atom. The van der Waals surface area contributed by atoms with Crippen molar-refractivity contribution < 1.29 is 8.78 Å². The Labute approximate surface area is 180 Å². The van der Waals surface area contributed by atoms with Crippen LogP contribution in [-0.2, 0) is 0 Å². The van der Waals surface area contributed by atoms with E-state index in [4.69, 9.17) is 0 Å². The van der Waals surface area contributed by atoms with Gasteiger partial charge in [-0.25, -0.2) is 8.78 Å². The number of benzene rings is 3. The van der Waals surface area contributed by atoms with E-state index >= 15 is 0 Å². The Balaban J connectivity index is 1.52. The predicted molar refractivity (Wildman–Crippen MR) is 120 cm³/mol. The van der Waals surface area contributed by atoms with Gasteiger partial charge in [-0.15, -0.1) is 0 Å². The lowest BCUT2D eigenvalue weighted by molar-refractivity contribution is 0.578. The lowest BCUT2D eigenvalue weighted by Crippen LogP contribution is -1.91. The summed E-state index contributed by atoms with van der Waals surface area (Å²) in [6.07, 6.45) is 5.23. The molecule has 148 valence electrons. The second-order valence-electron chi connectivity index (χ2n) is 7.42. The monoisotopic (exact) mass is 415 g/mol. The predicted octanol–water partition coefficient (Wildman–Crippen LogP) is 7.42. The summed E-state index contributed by atoms with van der Waals surface area (Å²) in [7, 11) is 0. The summed E-state index contributed by atoms with van der Waals surface area (Å²) in [4.78, 5) is 3.59. The maximum absolute atomic E-state index is 14.1. The molecule has 0 unspecified atom stereocenters. The Hall–Kier alpha value is -3.12. The van der Waals surface area contributed by atoms with Gasteiger partial charge < -0.3 is 0 Å². The zero-order chi connectivity index (χ0) is 20.9. The number of thiocarbonyl (C=S) groups is 1. The van der Waals surface area contributed by atoms with Gasteiger partial charge in [0, 0.05) is 17.7 Å². The van der Waals surface area contributed by atoms with Crippen LogP contribution in [0.5, 0.6) is 0 Å². The molecule has 4 heteroatoms. The summed E-state index contributed by atoms with van der Waals surface area (Å²) < 4.78 is 28.2. The summed E-state index contributed by atoms with van der Waals surface area (Å²) >= 11 is 4.46. The minimum atomic E-state index is -0.773. The van der Waals surface area contributed by atoms with Crippen LogP contribution in [0, 0.1) is 23.5 Å². The highest BCUT2D eigenvalue weighted by Gasteiger charge is 2.16. The van der Waals surface area contributed by atoms with Gasteiger partial charge in [-0.05, 0) is 59.8 Å². The fourth-order valence-electron chi connectivity index (χ4n) is 3.88. The highest BCUT2D eigenvalue weighted by molar-refractivity contribution is 7.78. The number of halogens is 2. The van der Waals surface area contributed by atoms with E-state index < -0.39 is 11.6 Å². The molecule has 0 aromatic heterocycles. The van der Waals surface area contributed by atoms with E-state index in [2.05, 4.69) is 58.5 Å². The first-order valence-corrected chi connectivity index (χ1v) is 10.3. The first-order chi connectivity index (χ1) is 14.6. The van der Waals surface area contributed by atoms with E-state index in [-0.39, 0.29) is 11.3 Å². The third kappa shape index (κ3) is 4.54. The molecule has 0 amide bonds. The van der Waals surface area contributed by atoms with Crippen LogP contribution < -0.4 is 0 Å². The molecule has 0 heterocycles. The minimum Gasteiger partial charge on any atom is -0.205 e. The molecule has 0 saturated heterocycles. The standard InChI is InChI=1S/C26H19F2NS/c27-25-15-23(29-17-30)16-26(28)24(25)14-7-18-5-8-20(9-6-18)22-12-10-21(11-13-22)19-3-1-2-4-19/h5-6,8-13,15-16,19H,1-4H2. The molecular formula is C26H19F2NS. The quantitative estimate of drug-likeness (QED) is 0.246. The van der Waals surface area contributed by atoms with Gasteiger partial charge in [0.1, 0.15) is 11.6 Å². The number of aliphatic imine (C=N–C) groups is 1. The van der Waals surface area contributed by atoms with Gasteiger partial charge in [-0.2, -0.15) is 4.99 Å². The van der Waals surface area contributed by atoms with Crippen molar-refractivity contribution >= 4 is 23.1 Å². The van der Waals surface area contributed by atoms with Crippen molar-refractivity contribution in [1.29, 1.82) is 0 Å². The average molecular weight is 416 g/mol. The fourth-order valence-corrected chi connectivity index (χ4v) is 3.99. The van der Waals surface area contributed by atoms with Gasteiger partial charge in [0.2, 0.25) is 0 Å². The Bertz CT molecular complexity index is 1140. The molecule has 0 spiro atoms. The fraction of sp³-hybridized carbons (Fsp3) is 0.192. The van der Waals surface area contributed by atoms with Crippen molar-refractivity contribution in [3.05, 3.63) is 89.0 Å². The number of rotatable bonds is 3. The van der Waals surface area contributed by atoms with Crippen molar-refractivity contribution in [3.63, 3.8) is 0 Å². The molecule has 0 radical (unpaired) electrons. The van der Waals surface area contributed by atoms with E-state index in [1.807, 2.05) is 24.3 Å². The first-order valence-electron chi connectivity index (χ1n) is 9.93. The molecule has 0 aliphatic heterocycles. The van der Waals surface area contributed by atoms with Crippen molar-refractivity contribution in [3.8, 4) is 23.0 Å². The number of nitrogens with zero attached hydrogens (tertiary/aromatic N) is 1. The molecule has 1 nitrogen and oxygen atoms in total. The molecule has 1 saturated carbocycles. The average Bonchev–Trinajstić information content (AvgIpc) is 3.29. The molecule has 0 N–H and O–H groups in total. The third-order valence-corrected chi connectivity index (χ3v) is 5.58. The van der Waals surface area contributed by atoms with Gasteiger partial charge in [-0.1, -0.05) is 61.1 Å². The molecule has 3 aromatic rings. The van der Waals surface area contributed by atoms with Crippen LogP contribution >= 0.6 is 12.2 Å². The van der Waals surface area contributed by atoms with Gasteiger partial charge in [0.05, 0.1) is 16.4 Å². The van der Waals surface area contributed by atoms with Crippen molar-refractivity contribution in [2.75, 3.05) is 0 Å². The van der Waals surface area contributed by atoms with Crippen molar-refractivity contribution in [1.82, 2.24) is 0 Å². The van der Waals surface area contributed by atoms with Crippen LogP contribution in [0.15, 0.2) is 65.7 Å². The summed E-state index contributed by atoms with van der Waals surface area (Å²) in [5.74, 6) is 4.56. The van der Waals surface area contributed by atoms with Gasteiger partial charge in [0.25, 0.3) is 0 Å². The van der Waals surface area contributed by atoms with Crippen LogP contribution in [0.3, 0.4) is 0 Å². The van der Waals surface area contributed by atoms with Gasteiger partial charge in [-0.3, -0.25) is 0 Å². The topological polar surface area (TPSA) is 12.4 Å². The molecule has 0 atom stereocenters. The van der Waals surface area contributed by atoms with E-state index in [0.717, 1.165) is 23.3 Å². The molecule has 4 rings (SSSR count). The van der Waals surface area contributed by atoms with E-state index in [1.165, 1.54) is 31.2 Å².